The first-order valence-electron chi connectivity index (χ1n) is 9.26. The quantitative estimate of drug-likeness (QED) is 0.482. The second kappa shape index (κ2) is 8.90. The van der Waals surface area contributed by atoms with E-state index in [0.717, 1.165) is 18.0 Å². The highest BCUT2D eigenvalue weighted by molar-refractivity contribution is 5.63. The molecule has 2 unspecified atom stereocenters. The van der Waals surface area contributed by atoms with Gasteiger partial charge in [-0.05, 0) is 75.3 Å². The number of benzene rings is 1. The summed E-state index contributed by atoms with van der Waals surface area (Å²) in [5.74, 6) is 2.79. The van der Waals surface area contributed by atoms with E-state index in [2.05, 4.69) is 56.4 Å². The second-order valence-electron chi connectivity index (χ2n) is 6.88. The van der Waals surface area contributed by atoms with E-state index in [9.17, 15) is 0 Å². The van der Waals surface area contributed by atoms with Crippen molar-refractivity contribution in [2.75, 3.05) is 6.54 Å². The second-order valence-corrected chi connectivity index (χ2v) is 6.88. The molecule has 1 aliphatic rings. The largest absolute Gasteiger partial charge is 0.298 e. The maximum atomic E-state index is 5.63. The van der Waals surface area contributed by atoms with E-state index in [1.165, 1.54) is 48.9 Å². The summed E-state index contributed by atoms with van der Waals surface area (Å²) < 4.78 is 0. The Morgan fingerprint density at radius 3 is 2.92 bits per heavy atom. The molecule has 1 aliphatic heterocycles. The maximum absolute atomic E-state index is 5.63. The Morgan fingerprint density at radius 2 is 2.25 bits per heavy atom. The van der Waals surface area contributed by atoms with E-state index >= 15 is 0 Å². The number of rotatable bonds is 7. The van der Waals surface area contributed by atoms with E-state index in [4.69, 9.17) is 6.42 Å². The van der Waals surface area contributed by atoms with E-state index < -0.39 is 0 Å². The van der Waals surface area contributed by atoms with Gasteiger partial charge in [-0.15, -0.1) is 6.42 Å². The number of terminal acetylenes is 1. The normalized spacial score (nSPS) is 19.5. The van der Waals surface area contributed by atoms with Crippen LogP contribution >= 0.6 is 0 Å². The van der Waals surface area contributed by atoms with Crippen LogP contribution in [-0.4, -0.2) is 23.5 Å². The number of nitrogens with zero attached hydrogens (tertiary/aromatic N) is 1. The highest BCUT2D eigenvalue weighted by Gasteiger charge is 2.26. The summed E-state index contributed by atoms with van der Waals surface area (Å²) in [6, 6.07) is 5.72. The van der Waals surface area contributed by atoms with Crippen molar-refractivity contribution in [1.29, 1.82) is 0 Å². The molecule has 1 heteroatoms. The molecule has 1 saturated heterocycles. The molecule has 0 aromatic heterocycles. The molecule has 2 rings (SSSR count). The highest BCUT2D eigenvalue weighted by atomic mass is 15.2. The molecular formula is C23H31N. The van der Waals surface area contributed by atoms with Crippen molar-refractivity contribution in [2.45, 2.75) is 65.0 Å². The zero-order valence-electron chi connectivity index (χ0n) is 15.5. The summed E-state index contributed by atoms with van der Waals surface area (Å²) in [6.45, 7) is 11.9. The van der Waals surface area contributed by atoms with Crippen LogP contribution in [-0.2, 0) is 6.42 Å². The van der Waals surface area contributed by atoms with Crippen molar-refractivity contribution in [1.82, 2.24) is 4.90 Å². The highest BCUT2D eigenvalue weighted by Crippen LogP contribution is 2.26. The Kier molecular flexibility index (Phi) is 6.88. The van der Waals surface area contributed by atoms with Crippen molar-refractivity contribution in [2.24, 2.45) is 0 Å². The molecule has 1 fully saturated rings. The zero-order chi connectivity index (χ0) is 17.5. The van der Waals surface area contributed by atoms with Gasteiger partial charge in [0.15, 0.2) is 0 Å². The van der Waals surface area contributed by atoms with Gasteiger partial charge < -0.3 is 0 Å². The number of hydrogen-bond donors (Lipinski definition) is 0. The first-order valence-corrected chi connectivity index (χ1v) is 9.26. The molecule has 0 bridgehead atoms. The summed E-state index contributed by atoms with van der Waals surface area (Å²) in [7, 11) is 0. The third-order valence-corrected chi connectivity index (χ3v) is 5.45. The van der Waals surface area contributed by atoms with Crippen LogP contribution < -0.4 is 0 Å². The number of allylic oxidation sites excluding steroid dienone is 2. The van der Waals surface area contributed by atoms with E-state index in [-0.39, 0.29) is 0 Å². The number of likely N-dealkylation sites (tertiary alicyclic amines) is 1. The fourth-order valence-corrected chi connectivity index (χ4v) is 3.96. The lowest BCUT2D eigenvalue weighted by Gasteiger charge is -2.30. The first kappa shape index (κ1) is 18.6. The lowest BCUT2D eigenvalue weighted by atomic mass is 9.93. The molecule has 0 N–H and O–H groups in total. The van der Waals surface area contributed by atoms with Crippen LogP contribution in [0.4, 0.5) is 0 Å². The van der Waals surface area contributed by atoms with Gasteiger partial charge in [-0.1, -0.05) is 43.7 Å². The Morgan fingerprint density at radius 1 is 1.46 bits per heavy atom. The summed E-state index contributed by atoms with van der Waals surface area (Å²) in [4.78, 5) is 2.71. The molecule has 1 nitrogen and oxygen atoms in total. The first-order chi connectivity index (χ1) is 11.6. The van der Waals surface area contributed by atoms with E-state index in [1.54, 1.807) is 0 Å². The molecule has 24 heavy (non-hydrogen) atoms. The van der Waals surface area contributed by atoms with Crippen molar-refractivity contribution >= 4 is 6.08 Å². The zero-order valence-corrected chi connectivity index (χ0v) is 15.5. The van der Waals surface area contributed by atoms with Gasteiger partial charge in [0.2, 0.25) is 0 Å². The van der Waals surface area contributed by atoms with Gasteiger partial charge >= 0.3 is 0 Å². The predicted molar refractivity (Wildman–Crippen MR) is 106 cm³/mol. The molecule has 0 aliphatic carbocycles. The summed E-state index contributed by atoms with van der Waals surface area (Å²) >= 11 is 0. The molecule has 0 amide bonds. The smallest absolute Gasteiger partial charge is 0.0277 e. The van der Waals surface area contributed by atoms with Gasteiger partial charge in [0.05, 0.1) is 0 Å². The molecule has 1 aromatic carbocycles. The van der Waals surface area contributed by atoms with Crippen LogP contribution in [0.5, 0.6) is 0 Å². The SMILES string of the molecule is C#Cc1ccc(CCC(C)N2CCCC2CC)c(/C=C\C=C)c1C. The number of hydrogen-bond acceptors (Lipinski definition) is 1. The standard InChI is InChI=1S/C23H31N/c1-6-9-12-23-19(5)20(7-2)15-16-21(23)14-13-18(4)24-17-10-11-22(24)8-3/h2,6,9,12,15-16,18,22H,1,8,10-11,13-14,17H2,3-5H3/b12-9-. The van der Waals surface area contributed by atoms with Crippen LogP contribution in [0.1, 0.15) is 61.8 Å². The monoisotopic (exact) mass is 321 g/mol. The minimum absolute atomic E-state index is 0.640. The molecule has 0 radical (unpaired) electrons. The molecule has 128 valence electrons. The molecule has 1 aromatic rings. The van der Waals surface area contributed by atoms with Gasteiger partial charge in [0, 0.05) is 17.6 Å². The Hall–Kier alpha value is -1.78. The van der Waals surface area contributed by atoms with Crippen molar-refractivity contribution < 1.29 is 0 Å². The number of aryl methyl sites for hydroxylation is 1. The third-order valence-electron chi connectivity index (χ3n) is 5.45. The average Bonchev–Trinajstić information content (AvgIpc) is 3.07. The fourth-order valence-electron chi connectivity index (χ4n) is 3.96. The lowest BCUT2D eigenvalue weighted by molar-refractivity contribution is 0.179. The van der Waals surface area contributed by atoms with Gasteiger partial charge in [-0.2, -0.15) is 0 Å². The summed E-state index contributed by atoms with van der Waals surface area (Å²) in [5.41, 5.74) is 4.85. The average molecular weight is 322 g/mol. The Balaban J connectivity index is 2.14. The minimum atomic E-state index is 0.640. The van der Waals surface area contributed by atoms with E-state index in [1.807, 2.05) is 12.2 Å². The lowest BCUT2D eigenvalue weighted by Crippen LogP contribution is -2.37. The van der Waals surface area contributed by atoms with Crippen LogP contribution in [0, 0.1) is 19.3 Å². The molecule has 0 saturated carbocycles. The van der Waals surface area contributed by atoms with Gasteiger partial charge in [-0.3, -0.25) is 4.90 Å². The topological polar surface area (TPSA) is 3.24 Å². The summed E-state index contributed by atoms with van der Waals surface area (Å²) in [6.07, 6.45) is 17.9. The van der Waals surface area contributed by atoms with Crippen LogP contribution in [0.25, 0.3) is 6.08 Å². The molecule has 1 heterocycles. The van der Waals surface area contributed by atoms with Gasteiger partial charge in [0.1, 0.15) is 0 Å². The Bertz CT molecular complexity index is 632. The van der Waals surface area contributed by atoms with Crippen molar-refractivity contribution in [3.63, 3.8) is 0 Å². The molecule has 0 spiro atoms. The summed E-state index contributed by atoms with van der Waals surface area (Å²) in [5, 5.41) is 0. The van der Waals surface area contributed by atoms with E-state index in [0.29, 0.717) is 6.04 Å². The Labute approximate surface area is 148 Å². The minimum Gasteiger partial charge on any atom is -0.298 e. The molecule has 2 atom stereocenters. The molecular weight excluding hydrogens is 290 g/mol. The van der Waals surface area contributed by atoms with Crippen LogP contribution in [0.2, 0.25) is 0 Å². The van der Waals surface area contributed by atoms with Crippen LogP contribution in [0.15, 0.2) is 30.9 Å². The van der Waals surface area contributed by atoms with Gasteiger partial charge in [0.25, 0.3) is 0 Å². The van der Waals surface area contributed by atoms with Gasteiger partial charge in [-0.25, -0.2) is 0 Å². The predicted octanol–water partition coefficient (Wildman–Crippen LogP) is 5.37. The van der Waals surface area contributed by atoms with Crippen molar-refractivity contribution in [3.8, 4) is 12.3 Å². The van der Waals surface area contributed by atoms with Crippen LogP contribution in [0.3, 0.4) is 0 Å². The van der Waals surface area contributed by atoms with Crippen molar-refractivity contribution in [3.05, 3.63) is 53.1 Å². The third kappa shape index (κ3) is 4.19. The maximum Gasteiger partial charge on any atom is 0.0277 e. The fraction of sp³-hybridized carbons (Fsp3) is 0.478.